The van der Waals surface area contributed by atoms with E-state index in [0.29, 0.717) is 23.7 Å². The number of hydrazone groups is 1. The van der Waals surface area contributed by atoms with Crippen molar-refractivity contribution in [3.05, 3.63) is 35.9 Å². The number of rotatable bonds is 7. The largest absolute Gasteiger partial charge is 0.490 e. The van der Waals surface area contributed by atoms with Crippen LogP contribution in [0.3, 0.4) is 0 Å². The van der Waals surface area contributed by atoms with Gasteiger partial charge in [0.25, 0.3) is 11.8 Å². The molecule has 1 aromatic carbocycles. The Labute approximate surface area is 174 Å². The van der Waals surface area contributed by atoms with Gasteiger partial charge in [0.2, 0.25) is 0 Å². The molecular weight excluding hydrogens is 388 g/mol. The second-order valence-corrected chi connectivity index (χ2v) is 7.66. The van der Waals surface area contributed by atoms with Crippen LogP contribution in [0.25, 0.3) is 0 Å². The lowest BCUT2D eigenvalue weighted by atomic mass is 9.85. The molecule has 2 aliphatic carbocycles. The van der Waals surface area contributed by atoms with Crippen molar-refractivity contribution in [3.8, 4) is 11.5 Å². The predicted octanol–water partition coefficient (Wildman–Crippen LogP) is 2.17. The monoisotopic (exact) mass is 412 g/mol. The molecule has 2 fully saturated rings. The van der Waals surface area contributed by atoms with Crippen LogP contribution in [0.15, 0.2) is 35.5 Å². The molecule has 8 heteroatoms. The van der Waals surface area contributed by atoms with E-state index in [1.807, 2.05) is 19.1 Å². The number of benzene rings is 1. The van der Waals surface area contributed by atoms with E-state index in [9.17, 15) is 14.4 Å². The first kappa shape index (κ1) is 20.1. The van der Waals surface area contributed by atoms with Crippen LogP contribution < -0.4 is 9.47 Å². The third-order valence-electron chi connectivity index (χ3n) is 5.87. The highest BCUT2D eigenvalue weighted by Gasteiger charge is 2.59. The molecular formula is C22H24N2O6. The molecule has 2 amide bonds. The molecule has 0 radical (unpaired) electrons. The number of carbonyl (C=O) groups excluding carboxylic acids is 3. The summed E-state index contributed by atoms with van der Waals surface area (Å²) in [5, 5.41) is 5.18. The van der Waals surface area contributed by atoms with E-state index in [-0.39, 0.29) is 35.5 Å². The van der Waals surface area contributed by atoms with Gasteiger partial charge in [-0.05, 0) is 55.9 Å². The van der Waals surface area contributed by atoms with E-state index < -0.39 is 12.1 Å². The van der Waals surface area contributed by atoms with Gasteiger partial charge in [0.1, 0.15) is 0 Å². The van der Waals surface area contributed by atoms with Gasteiger partial charge in [-0.1, -0.05) is 12.2 Å². The highest BCUT2D eigenvalue weighted by atomic mass is 16.6. The number of nitrogens with zero attached hydrogens (tertiary/aromatic N) is 2. The van der Waals surface area contributed by atoms with E-state index in [1.54, 1.807) is 25.1 Å². The third kappa shape index (κ3) is 3.36. The van der Waals surface area contributed by atoms with Crippen molar-refractivity contribution in [2.45, 2.75) is 26.4 Å². The lowest BCUT2D eigenvalue weighted by molar-refractivity contribution is -0.148. The number of hydrogen-bond donors (Lipinski definition) is 0. The molecule has 1 heterocycles. The molecule has 3 aliphatic rings. The standard InChI is InChI=1S/C22H24N2O6/c1-4-29-17-9-13(5-8-16(17)30-12(2)22(27)28-3)11-23-24-20(25)18-14-6-7-15(10-14)19(18)21(24)26/h5-9,11-12,14-15,18-19H,4,10H2,1-3H3. The van der Waals surface area contributed by atoms with Gasteiger partial charge in [-0.15, -0.1) is 0 Å². The van der Waals surface area contributed by atoms with Crippen molar-refractivity contribution in [1.82, 2.24) is 5.01 Å². The fourth-order valence-electron chi connectivity index (χ4n) is 4.50. The summed E-state index contributed by atoms with van der Waals surface area (Å²) in [6.45, 7) is 3.81. The Morgan fingerprint density at radius 1 is 1.20 bits per heavy atom. The van der Waals surface area contributed by atoms with E-state index in [0.717, 1.165) is 11.4 Å². The van der Waals surface area contributed by atoms with Gasteiger partial charge in [-0.2, -0.15) is 10.1 Å². The first-order chi connectivity index (χ1) is 14.4. The quantitative estimate of drug-likeness (QED) is 0.295. The zero-order valence-electron chi connectivity index (χ0n) is 17.1. The van der Waals surface area contributed by atoms with Crippen molar-refractivity contribution < 1.29 is 28.6 Å². The van der Waals surface area contributed by atoms with Gasteiger partial charge < -0.3 is 14.2 Å². The number of allylic oxidation sites excluding steroid dienone is 2. The van der Waals surface area contributed by atoms with E-state index in [1.165, 1.54) is 13.3 Å². The maximum absolute atomic E-state index is 12.7. The minimum Gasteiger partial charge on any atom is -0.490 e. The zero-order valence-corrected chi connectivity index (χ0v) is 17.1. The summed E-state index contributed by atoms with van der Waals surface area (Å²) in [5.74, 6) is -0.400. The van der Waals surface area contributed by atoms with Gasteiger partial charge in [-0.3, -0.25) is 9.59 Å². The van der Waals surface area contributed by atoms with Crippen molar-refractivity contribution in [2.24, 2.45) is 28.8 Å². The molecule has 5 unspecified atom stereocenters. The highest BCUT2D eigenvalue weighted by Crippen LogP contribution is 2.52. The summed E-state index contributed by atoms with van der Waals surface area (Å²) in [6.07, 6.45) is 5.65. The maximum Gasteiger partial charge on any atom is 0.346 e. The fourth-order valence-corrected chi connectivity index (χ4v) is 4.50. The average Bonchev–Trinajstić information content (AvgIpc) is 3.42. The van der Waals surface area contributed by atoms with Crippen LogP contribution in [0.4, 0.5) is 0 Å². The van der Waals surface area contributed by atoms with Crippen molar-refractivity contribution in [3.63, 3.8) is 0 Å². The van der Waals surface area contributed by atoms with Gasteiger partial charge >= 0.3 is 5.97 Å². The molecule has 0 N–H and O–H groups in total. The van der Waals surface area contributed by atoms with Crippen LogP contribution in [-0.4, -0.2) is 48.8 Å². The Morgan fingerprint density at radius 2 is 1.87 bits per heavy atom. The molecule has 1 aliphatic heterocycles. The minimum atomic E-state index is -0.794. The number of hydrogen-bond acceptors (Lipinski definition) is 7. The van der Waals surface area contributed by atoms with Crippen LogP contribution >= 0.6 is 0 Å². The van der Waals surface area contributed by atoms with Gasteiger partial charge in [-0.25, -0.2) is 4.79 Å². The zero-order chi connectivity index (χ0) is 21.4. The Balaban J connectivity index is 1.51. The van der Waals surface area contributed by atoms with E-state index in [2.05, 4.69) is 9.84 Å². The molecule has 0 aromatic heterocycles. The molecule has 8 nitrogen and oxygen atoms in total. The first-order valence-corrected chi connectivity index (χ1v) is 10.1. The molecule has 158 valence electrons. The number of esters is 1. The Hall–Kier alpha value is -3.16. The number of fused-ring (bicyclic) bond motifs is 5. The van der Waals surface area contributed by atoms with Crippen LogP contribution in [0.1, 0.15) is 25.8 Å². The Morgan fingerprint density at radius 3 is 2.47 bits per heavy atom. The molecule has 2 bridgehead atoms. The topological polar surface area (TPSA) is 94.5 Å². The average molecular weight is 412 g/mol. The number of carbonyl (C=O) groups is 3. The van der Waals surface area contributed by atoms with E-state index in [4.69, 9.17) is 9.47 Å². The van der Waals surface area contributed by atoms with Gasteiger partial charge in [0.15, 0.2) is 17.6 Å². The van der Waals surface area contributed by atoms with Gasteiger partial charge in [0.05, 0.1) is 31.8 Å². The van der Waals surface area contributed by atoms with E-state index >= 15 is 0 Å². The normalized spacial score (nSPS) is 27.6. The summed E-state index contributed by atoms with van der Waals surface area (Å²) in [4.78, 5) is 37.0. The summed E-state index contributed by atoms with van der Waals surface area (Å²) in [5.41, 5.74) is 0.635. The SMILES string of the molecule is CCOc1cc(C=NN2C(=O)C3C4C=CC(C4)C3C2=O)ccc1OC(C)C(=O)OC. The molecule has 30 heavy (non-hydrogen) atoms. The first-order valence-electron chi connectivity index (χ1n) is 10.1. The Kier molecular flexibility index (Phi) is 5.32. The molecule has 0 spiro atoms. The second-order valence-electron chi connectivity index (χ2n) is 7.66. The number of methoxy groups -OCH3 is 1. The Bertz CT molecular complexity index is 910. The number of amides is 2. The smallest absolute Gasteiger partial charge is 0.346 e. The molecule has 4 rings (SSSR count). The fraction of sp³-hybridized carbons (Fsp3) is 0.455. The lowest BCUT2D eigenvalue weighted by Gasteiger charge is -2.16. The minimum absolute atomic E-state index is 0.148. The summed E-state index contributed by atoms with van der Waals surface area (Å²) >= 11 is 0. The van der Waals surface area contributed by atoms with Crippen LogP contribution in [0.2, 0.25) is 0 Å². The lowest BCUT2D eigenvalue weighted by Crippen LogP contribution is -2.28. The predicted molar refractivity (Wildman–Crippen MR) is 107 cm³/mol. The van der Waals surface area contributed by atoms with Crippen molar-refractivity contribution in [2.75, 3.05) is 13.7 Å². The third-order valence-corrected chi connectivity index (χ3v) is 5.87. The van der Waals surface area contributed by atoms with Crippen LogP contribution in [-0.2, 0) is 19.1 Å². The van der Waals surface area contributed by atoms with Crippen LogP contribution in [0.5, 0.6) is 11.5 Å². The maximum atomic E-state index is 12.7. The van der Waals surface area contributed by atoms with Crippen LogP contribution in [0, 0.1) is 23.7 Å². The second kappa shape index (κ2) is 7.93. The summed E-state index contributed by atoms with van der Waals surface area (Å²) < 4.78 is 15.9. The van der Waals surface area contributed by atoms with Gasteiger partial charge in [0, 0.05) is 0 Å². The molecule has 5 atom stereocenters. The number of imide groups is 1. The van der Waals surface area contributed by atoms with Crippen molar-refractivity contribution in [1.29, 1.82) is 0 Å². The summed E-state index contributed by atoms with van der Waals surface area (Å²) in [6, 6.07) is 5.05. The van der Waals surface area contributed by atoms with Crippen molar-refractivity contribution >= 4 is 24.0 Å². The summed E-state index contributed by atoms with van der Waals surface area (Å²) in [7, 11) is 1.29. The molecule has 1 saturated carbocycles. The number of ether oxygens (including phenoxy) is 3. The molecule has 1 aromatic rings. The highest BCUT2D eigenvalue weighted by molar-refractivity contribution is 6.06. The molecule has 1 saturated heterocycles.